The van der Waals surface area contributed by atoms with Gasteiger partial charge in [0.25, 0.3) is 0 Å². The van der Waals surface area contributed by atoms with E-state index in [-0.39, 0.29) is 0 Å². The minimum absolute atomic E-state index is 0.510. The summed E-state index contributed by atoms with van der Waals surface area (Å²) in [5.74, 6) is 0.892. The van der Waals surface area contributed by atoms with Crippen molar-refractivity contribution in [1.82, 2.24) is 15.5 Å². The van der Waals surface area contributed by atoms with Crippen molar-refractivity contribution >= 4 is 5.82 Å². The van der Waals surface area contributed by atoms with Crippen molar-refractivity contribution in [2.24, 2.45) is 0 Å². The zero-order chi connectivity index (χ0) is 10.5. The Morgan fingerprint density at radius 2 is 2.40 bits per heavy atom. The normalized spacial score (nSPS) is 20.5. The second kappa shape index (κ2) is 5.07. The van der Waals surface area contributed by atoms with E-state index in [1.54, 1.807) is 0 Å². The van der Waals surface area contributed by atoms with E-state index in [1.165, 1.54) is 6.42 Å². The Kier molecular flexibility index (Phi) is 3.50. The molecular formula is C11H18N4. The van der Waals surface area contributed by atoms with Gasteiger partial charge in [-0.05, 0) is 31.5 Å². The van der Waals surface area contributed by atoms with Gasteiger partial charge in [-0.25, -0.2) is 0 Å². The van der Waals surface area contributed by atoms with Crippen LogP contribution in [0.5, 0.6) is 0 Å². The smallest absolute Gasteiger partial charge is 0.148 e. The molecule has 2 N–H and O–H groups in total. The van der Waals surface area contributed by atoms with Crippen LogP contribution >= 0.6 is 0 Å². The molecule has 1 atom stereocenters. The molecule has 0 radical (unpaired) electrons. The fourth-order valence-electron chi connectivity index (χ4n) is 1.81. The van der Waals surface area contributed by atoms with Gasteiger partial charge in [0.2, 0.25) is 0 Å². The molecule has 1 fully saturated rings. The second-order valence-electron chi connectivity index (χ2n) is 3.99. The van der Waals surface area contributed by atoms with Gasteiger partial charge in [0, 0.05) is 12.6 Å². The van der Waals surface area contributed by atoms with Crippen molar-refractivity contribution < 1.29 is 0 Å². The molecule has 4 nitrogen and oxygen atoms in total. The minimum atomic E-state index is 0.510. The van der Waals surface area contributed by atoms with E-state index in [0.717, 1.165) is 37.4 Å². The number of aromatic nitrogens is 2. The number of nitrogens with one attached hydrogen (secondary N) is 2. The lowest BCUT2D eigenvalue weighted by atomic mass is 10.2. The van der Waals surface area contributed by atoms with Gasteiger partial charge < -0.3 is 10.6 Å². The number of hydrogen-bond donors (Lipinski definition) is 2. The summed E-state index contributed by atoms with van der Waals surface area (Å²) in [7, 11) is 0. The van der Waals surface area contributed by atoms with E-state index in [9.17, 15) is 0 Å². The van der Waals surface area contributed by atoms with Crippen molar-refractivity contribution in [3.8, 4) is 0 Å². The topological polar surface area (TPSA) is 49.8 Å². The van der Waals surface area contributed by atoms with E-state index in [1.807, 2.05) is 6.07 Å². The third kappa shape index (κ3) is 2.89. The van der Waals surface area contributed by atoms with Crippen LogP contribution in [0, 0.1) is 0 Å². The predicted molar refractivity (Wildman–Crippen MR) is 60.9 cm³/mol. The SMILES string of the molecule is CCCc1ccc(NC2CCNC2)nn1. The first-order chi connectivity index (χ1) is 7.38. The molecule has 1 unspecified atom stereocenters. The van der Waals surface area contributed by atoms with Gasteiger partial charge in [0.15, 0.2) is 0 Å². The Labute approximate surface area is 90.5 Å². The molecule has 0 aromatic carbocycles. The zero-order valence-corrected chi connectivity index (χ0v) is 9.16. The average molecular weight is 206 g/mol. The highest BCUT2D eigenvalue weighted by atomic mass is 15.2. The number of nitrogens with zero attached hydrogens (tertiary/aromatic N) is 2. The molecule has 0 spiro atoms. The standard InChI is InChI=1S/C11H18N4/c1-2-3-9-4-5-11(15-14-9)13-10-6-7-12-8-10/h4-5,10,12H,2-3,6-8H2,1H3,(H,13,15). The van der Waals surface area contributed by atoms with Gasteiger partial charge in [-0.1, -0.05) is 13.3 Å². The van der Waals surface area contributed by atoms with Crippen LogP contribution in [0.25, 0.3) is 0 Å². The van der Waals surface area contributed by atoms with Gasteiger partial charge in [-0.2, -0.15) is 5.10 Å². The largest absolute Gasteiger partial charge is 0.365 e. The van der Waals surface area contributed by atoms with Crippen LogP contribution in [0.1, 0.15) is 25.5 Å². The highest BCUT2D eigenvalue weighted by molar-refractivity contribution is 5.34. The molecule has 2 rings (SSSR count). The molecule has 0 aliphatic carbocycles. The van der Waals surface area contributed by atoms with E-state index in [2.05, 4.69) is 33.8 Å². The summed E-state index contributed by atoms with van der Waals surface area (Å²) in [4.78, 5) is 0. The molecule has 1 aliphatic rings. The molecule has 1 aromatic heterocycles. The quantitative estimate of drug-likeness (QED) is 0.777. The van der Waals surface area contributed by atoms with E-state index < -0.39 is 0 Å². The zero-order valence-electron chi connectivity index (χ0n) is 9.16. The fourth-order valence-corrected chi connectivity index (χ4v) is 1.81. The Hall–Kier alpha value is -1.16. The Morgan fingerprint density at radius 3 is 3.00 bits per heavy atom. The molecule has 4 heteroatoms. The highest BCUT2D eigenvalue weighted by Crippen LogP contribution is 2.08. The Balaban J connectivity index is 1.91. The molecule has 15 heavy (non-hydrogen) atoms. The van der Waals surface area contributed by atoms with Crippen molar-refractivity contribution in [2.75, 3.05) is 18.4 Å². The minimum Gasteiger partial charge on any atom is -0.365 e. The van der Waals surface area contributed by atoms with E-state index in [0.29, 0.717) is 6.04 Å². The first-order valence-corrected chi connectivity index (χ1v) is 5.68. The molecule has 0 saturated carbocycles. The lowest BCUT2D eigenvalue weighted by Crippen LogP contribution is -2.22. The summed E-state index contributed by atoms with van der Waals surface area (Å²) in [5, 5.41) is 15.0. The second-order valence-corrected chi connectivity index (χ2v) is 3.99. The molecule has 0 bridgehead atoms. The summed E-state index contributed by atoms with van der Waals surface area (Å²) in [6.45, 7) is 4.27. The molecule has 1 aliphatic heterocycles. The van der Waals surface area contributed by atoms with Crippen LogP contribution in [0.4, 0.5) is 5.82 Å². The molecule has 1 saturated heterocycles. The van der Waals surface area contributed by atoms with Crippen LogP contribution in [0.15, 0.2) is 12.1 Å². The van der Waals surface area contributed by atoms with Crippen LogP contribution < -0.4 is 10.6 Å². The van der Waals surface area contributed by atoms with Crippen molar-refractivity contribution in [1.29, 1.82) is 0 Å². The van der Waals surface area contributed by atoms with E-state index >= 15 is 0 Å². The van der Waals surface area contributed by atoms with Gasteiger partial charge in [-0.3, -0.25) is 0 Å². The van der Waals surface area contributed by atoms with Crippen molar-refractivity contribution in [2.45, 2.75) is 32.2 Å². The highest BCUT2D eigenvalue weighted by Gasteiger charge is 2.14. The number of hydrogen-bond acceptors (Lipinski definition) is 4. The summed E-state index contributed by atoms with van der Waals surface area (Å²) in [5.41, 5.74) is 1.08. The molecule has 82 valence electrons. The predicted octanol–water partition coefficient (Wildman–Crippen LogP) is 1.20. The van der Waals surface area contributed by atoms with Crippen LogP contribution in [0.3, 0.4) is 0 Å². The lowest BCUT2D eigenvalue weighted by Gasteiger charge is -2.11. The average Bonchev–Trinajstić information content (AvgIpc) is 2.74. The van der Waals surface area contributed by atoms with Gasteiger partial charge in [-0.15, -0.1) is 5.10 Å². The van der Waals surface area contributed by atoms with Crippen LogP contribution in [-0.4, -0.2) is 29.3 Å². The van der Waals surface area contributed by atoms with Gasteiger partial charge in [0.05, 0.1) is 5.69 Å². The maximum absolute atomic E-state index is 4.18. The number of anilines is 1. The molecule has 2 heterocycles. The molecule has 0 amide bonds. The Bertz CT molecular complexity index is 290. The number of aryl methyl sites for hydroxylation is 1. The van der Waals surface area contributed by atoms with Crippen LogP contribution in [-0.2, 0) is 6.42 Å². The fraction of sp³-hybridized carbons (Fsp3) is 0.636. The van der Waals surface area contributed by atoms with Crippen molar-refractivity contribution in [3.63, 3.8) is 0 Å². The monoisotopic (exact) mass is 206 g/mol. The maximum Gasteiger partial charge on any atom is 0.148 e. The Morgan fingerprint density at radius 1 is 1.47 bits per heavy atom. The summed E-state index contributed by atoms with van der Waals surface area (Å²) >= 11 is 0. The first-order valence-electron chi connectivity index (χ1n) is 5.68. The summed E-state index contributed by atoms with van der Waals surface area (Å²) < 4.78 is 0. The first kappa shape index (κ1) is 10.4. The molecule has 1 aromatic rings. The van der Waals surface area contributed by atoms with E-state index in [4.69, 9.17) is 0 Å². The van der Waals surface area contributed by atoms with Crippen LogP contribution in [0.2, 0.25) is 0 Å². The van der Waals surface area contributed by atoms with Gasteiger partial charge >= 0.3 is 0 Å². The van der Waals surface area contributed by atoms with Crippen molar-refractivity contribution in [3.05, 3.63) is 17.8 Å². The van der Waals surface area contributed by atoms with Gasteiger partial charge in [0.1, 0.15) is 5.82 Å². The summed E-state index contributed by atoms with van der Waals surface area (Å²) in [6, 6.07) is 4.59. The number of rotatable bonds is 4. The third-order valence-corrected chi connectivity index (χ3v) is 2.64. The third-order valence-electron chi connectivity index (χ3n) is 2.64. The maximum atomic E-state index is 4.18. The summed E-state index contributed by atoms with van der Waals surface area (Å²) in [6.07, 6.45) is 3.30. The lowest BCUT2D eigenvalue weighted by molar-refractivity contribution is 0.774. The molecular weight excluding hydrogens is 188 g/mol.